The Morgan fingerprint density at radius 2 is 2.05 bits per heavy atom. The summed E-state index contributed by atoms with van der Waals surface area (Å²) in [6, 6.07) is 8.28. The van der Waals surface area contributed by atoms with Crippen LogP contribution in [0.3, 0.4) is 0 Å². The second-order valence-corrected chi connectivity index (χ2v) is 5.60. The zero-order valence-corrected chi connectivity index (χ0v) is 13.1. The quantitative estimate of drug-likeness (QED) is 0.526. The summed E-state index contributed by atoms with van der Waals surface area (Å²) >= 11 is 12.0. The molecule has 3 aromatic rings. The van der Waals surface area contributed by atoms with Gasteiger partial charge in [-0.15, -0.1) is 0 Å². The molecule has 0 bridgehead atoms. The van der Waals surface area contributed by atoms with E-state index in [1.807, 2.05) is 13.0 Å². The molecule has 2 heterocycles. The summed E-state index contributed by atoms with van der Waals surface area (Å²) in [5.74, 6) is 0.442. The zero-order valence-electron chi connectivity index (χ0n) is 11.6. The van der Waals surface area contributed by atoms with Gasteiger partial charge in [0.1, 0.15) is 23.1 Å². The molecule has 0 atom stereocenters. The Bertz CT molecular complexity index is 888. The van der Waals surface area contributed by atoms with Gasteiger partial charge in [0.2, 0.25) is 0 Å². The summed E-state index contributed by atoms with van der Waals surface area (Å²) in [6.45, 7) is 2.11. The van der Waals surface area contributed by atoms with E-state index in [1.54, 1.807) is 24.4 Å². The Kier molecular flexibility index (Phi) is 4.05. The van der Waals surface area contributed by atoms with Gasteiger partial charge in [0, 0.05) is 29.3 Å². The van der Waals surface area contributed by atoms with Crippen molar-refractivity contribution in [1.29, 1.82) is 0 Å². The van der Waals surface area contributed by atoms with Crippen molar-refractivity contribution in [3.8, 4) is 5.75 Å². The molecule has 3 rings (SSSR count). The van der Waals surface area contributed by atoms with E-state index in [0.29, 0.717) is 21.5 Å². The minimum absolute atomic E-state index is 0.283. The number of aromatic nitrogens is 1. The van der Waals surface area contributed by atoms with Crippen LogP contribution in [0.1, 0.15) is 11.1 Å². The average Bonchev–Trinajstić information content (AvgIpc) is 2.48. The van der Waals surface area contributed by atoms with Crippen LogP contribution in [0.2, 0.25) is 10.2 Å². The molecule has 2 aromatic heterocycles. The number of pyridine rings is 1. The molecule has 0 radical (unpaired) electrons. The third-order valence-electron chi connectivity index (χ3n) is 3.19. The lowest BCUT2D eigenvalue weighted by Crippen LogP contribution is -2.00. The van der Waals surface area contributed by atoms with E-state index in [9.17, 15) is 4.79 Å². The first-order chi connectivity index (χ1) is 10.5. The van der Waals surface area contributed by atoms with Crippen molar-refractivity contribution in [3.63, 3.8) is 0 Å². The maximum atomic E-state index is 11.5. The van der Waals surface area contributed by atoms with E-state index in [1.165, 1.54) is 6.07 Å². The number of hydrogen-bond acceptors (Lipinski definition) is 4. The van der Waals surface area contributed by atoms with Crippen molar-refractivity contribution in [2.24, 2.45) is 0 Å². The lowest BCUT2D eigenvalue weighted by atomic mass is 10.1. The van der Waals surface area contributed by atoms with E-state index in [2.05, 4.69) is 4.98 Å². The fourth-order valence-electron chi connectivity index (χ4n) is 2.08. The second-order valence-electron chi connectivity index (χ2n) is 4.81. The highest BCUT2D eigenvalue weighted by atomic mass is 35.5. The Morgan fingerprint density at radius 3 is 2.77 bits per heavy atom. The second kappa shape index (κ2) is 5.99. The first kappa shape index (κ1) is 14.9. The number of rotatable bonds is 3. The van der Waals surface area contributed by atoms with Gasteiger partial charge in [-0.05, 0) is 24.6 Å². The number of nitrogens with zero attached hydrogens (tertiary/aromatic N) is 1. The number of fused-ring (bicyclic) bond motifs is 1. The van der Waals surface area contributed by atoms with E-state index in [0.717, 1.165) is 16.5 Å². The highest BCUT2D eigenvalue weighted by Gasteiger charge is 2.09. The molecule has 0 N–H and O–H groups in total. The van der Waals surface area contributed by atoms with E-state index < -0.39 is 5.63 Å². The number of benzene rings is 1. The molecule has 4 nitrogen and oxygen atoms in total. The minimum atomic E-state index is -0.403. The molecular weight excluding hydrogens is 325 g/mol. The van der Waals surface area contributed by atoms with Gasteiger partial charge >= 0.3 is 5.63 Å². The molecule has 0 spiro atoms. The average molecular weight is 336 g/mol. The van der Waals surface area contributed by atoms with Gasteiger partial charge in [0.05, 0.1) is 5.02 Å². The SMILES string of the molecule is Cc1cc(=O)oc2cc(OCc3ccc(Cl)nc3)c(Cl)cc12. The topological polar surface area (TPSA) is 52.3 Å². The number of hydrogen-bond donors (Lipinski definition) is 0. The smallest absolute Gasteiger partial charge is 0.336 e. The highest BCUT2D eigenvalue weighted by Crippen LogP contribution is 2.31. The van der Waals surface area contributed by atoms with Crippen LogP contribution in [0.15, 0.2) is 45.7 Å². The molecular formula is C16H11Cl2NO3. The molecule has 0 fully saturated rings. The normalized spacial score (nSPS) is 10.9. The van der Waals surface area contributed by atoms with Crippen molar-refractivity contribution in [2.45, 2.75) is 13.5 Å². The molecule has 112 valence electrons. The van der Waals surface area contributed by atoms with Crippen LogP contribution in [-0.2, 0) is 6.61 Å². The molecule has 0 aliphatic heterocycles. The van der Waals surface area contributed by atoms with Crippen LogP contribution in [0.5, 0.6) is 5.75 Å². The van der Waals surface area contributed by atoms with Gasteiger partial charge in [0.15, 0.2) is 0 Å². The Balaban J connectivity index is 1.92. The summed E-state index contributed by atoms with van der Waals surface area (Å²) in [6.07, 6.45) is 1.63. The summed E-state index contributed by atoms with van der Waals surface area (Å²) in [5, 5.41) is 1.65. The lowest BCUT2D eigenvalue weighted by molar-refractivity contribution is 0.306. The van der Waals surface area contributed by atoms with Crippen LogP contribution in [0.25, 0.3) is 11.0 Å². The highest BCUT2D eigenvalue weighted by molar-refractivity contribution is 6.32. The Labute approximate surface area is 136 Å². The zero-order chi connectivity index (χ0) is 15.7. The van der Waals surface area contributed by atoms with Gasteiger partial charge in [-0.2, -0.15) is 0 Å². The summed E-state index contributed by atoms with van der Waals surface area (Å²) < 4.78 is 10.9. The van der Waals surface area contributed by atoms with Gasteiger partial charge < -0.3 is 9.15 Å². The number of aryl methyl sites for hydroxylation is 1. The molecule has 22 heavy (non-hydrogen) atoms. The standard InChI is InChI=1S/C16H11Cl2NO3/c1-9-4-16(20)22-13-6-14(12(17)5-11(9)13)21-8-10-2-3-15(18)19-7-10/h2-7H,8H2,1H3. The number of halogens is 2. The predicted molar refractivity (Wildman–Crippen MR) is 85.8 cm³/mol. The molecule has 1 aromatic carbocycles. The third-order valence-corrected chi connectivity index (χ3v) is 3.71. The largest absolute Gasteiger partial charge is 0.487 e. The van der Waals surface area contributed by atoms with E-state index >= 15 is 0 Å². The van der Waals surface area contributed by atoms with Gasteiger partial charge in [0.25, 0.3) is 0 Å². The predicted octanol–water partition coefficient (Wildman–Crippen LogP) is 4.38. The van der Waals surface area contributed by atoms with Crippen molar-refractivity contribution in [3.05, 3.63) is 68.3 Å². The fraction of sp³-hybridized carbons (Fsp3) is 0.125. The molecule has 0 unspecified atom stereocenters. The van der Waals surface area contributed by atoms with Crippen molar-refractivity contribution in [2.75, 3.05) is 0 Å². The van der Waals surface area contributed by atoms with Crippen LogP contribution >= 0.6 is 23.2 Å². The van der Waals surface area contributed by atoms with Crippen molar-refractivity contribution in [1.82, 2.24) is 4.98 Å². The maximum Gasteiger partial charge on any atom is 0.336 e. The first-order valence-corrected chi connectivity index (χ1v) is 7.26. The minimum Gasteiger partial charge on any atom is -0.487 e. The van der Waals surface area contributed by atoms with Crippen LogP contribution < -0.4 is 10.4 Å². The van der Waals surface area contributed by atoms with E-state index in [-0.39, 0.29) is 6.61 Å². The molecule has 0 aliphatic carbocycles. The van der Waals surface area contributed by atoms with Crippen LogP contribution in [0, 0.1) is 6.92 Å². The van der Waals surface area contributed by atoms with Gasteiger partial charge in [-0.1, -0.05) is 29.3 Å². The summed E-state index contributed by atoms with van der Waals surface area (Å²) in [7, 11) is 0. The molecule has 0 saturated carbocycles. The molecule has 0 aliphatic rings. The van der Waals surface area contributed by atoms with Crippen LogP contribution in [0.4, 0.5) is 0 Å². The Morgan fingerprint density at radius 1 is 1.23 bits per heavy atom. The fourth-order valence-corrected chi connectivity index (χ4v) is 2.41. The van der Waals surface area contributed by atoms with Gasteiger partial charge in [-0.3, -0.25) is 0 Å². The Hall–Kier alpha value is -2.04. The van der Waals surface area contributed by atoms with Crippen LogP contribution in [-0.4, -0.2) is 4.98 Å². The first-order valence-electron chi connectivity index (χ1n) is 6.50. The summed E-state index contributed by atoms with van der Waals surface area (Å²) in [5.41, 5.74) is 1.70. The van der Waals surface area contributed by atoms with Crippen molar-refractivity contribution >= 4 is 34.2 Å². The molecule has 0 saturated heterocycles. The third kappa shape index (κ3) is 3.08. The molecule has 0 amide bonds. The lowest BCUT2D eigenvalue weighted by Gasteiger charge is -2.09. The maximum absolute atomic E-state index is 11.5. The van der Waals surface area contributed by atoms with Crippen molar-refractivity contribution < 1.29 is 9.15 Å². The number of ether oxygens (including phenoxy) is 1. The summed E-state index contributed by atoms with van der Waals surface area (Å²) in [4.78, 5) is 15.4. The monoisotopic (exact) mass is 335 g/mol. The molecule has 6 heteroatoms. The van der Waals surface area contributed by atoms with Gasteiger partial charge in [-0.25, -0.2) is 9.78 Å². The van der Waals surface area contributed by atoms with E-state index in [4.69, 9.17) is 32.4 Å².